The van der Waals surface area contributed by atoms with Gasteiger partial charge in [0.05, 0.1) is 12.2 Å². The summed E-state index contributed by atoms with van der Waals surface area (Å²) >= 11 is 13.1. The summed E-state index contributed by atoms with van der Waals surface area (Å²) in [6.07, 6.45) is 5.60. The maximum Gasteiger partial charge on any atom is 0.387 e. The number of carboxylic acids is 1. The second kappa shape index (κ2) is 16.6. The van der Waals surface area contributed by atoms with E-state index in [1.807, 2.05) is 0 Å². The molecule has 1 aromatic heterocycles. The van der Waals surface area contributed by atoms with Crippen LogP contribution in [0.15, 0.2) is 73.1 Å². The lowest BCUT2D eigenvalue weighted by atomic mass is 9.83. The molecule has 10 nitrogen and oxygen atoms in total. The maximum atomic E-state index is 14.1. The number of carboxylic acid groups (broad SMARTS) is 1. The highest BCUT2D eigenvalue weighted by Gasteiger charge is 2.38. The third kappa shape index (κ3) is 9.22. The average Bonchev–Trinajstić information content (AvgIpc) is 3.99. The summed E-state index contributed by atoms with van der Waals surface area (Å²) in [7, 11) is 0. The lowest BCUT2D eigenvalue weighted by Crippen LogP contribution is -2.52. The molecule has 4 heterocycles. The fourth-order valence-corrected chi connectivity index (χ4v) is 7.97. The number of anilines is 1. The Balaban J connectivity index is 1.30. The smallest absolute Gasteiger partial charge is 0.387 e. The van der Waals surface area contributed by atoms with Crippen molar-refractivity contribution in [2.24, 2.45) is 11.8 Å². The zero-order valence-corrected chi connectivity index (χ0v) is 30.9. The molecule has 15 heteroatoms. The lowest BCUT2D eigenvalue weighted by Gasteiger charge is -2.44. The summed E-state index contributed by atoms with van der Waals surface area (Å²) in [6, 6.07) is 13.2. The van der Waals surface area contributed by atoms with Gasteiger partial charge in [-0.25, -0.2) is 14.0 Å². The van der Waals surface area contributed by atoms with E-state index in [9.17, 15) is 33.1 Å². The number of ether oxygens (including phenoxy) is 3. The van der Waals surface area contributed by atoms with Gasteiger partial charge in [0.1, 0.15) is 22.0 Å². The molecule has 0 radical (unpaired) electrons. The molecule has 55 heavy (non-hydrogen) atoms. The first kappa shape index (κ1) is 38.6. The first-order valence-corrected chi connectivity index (χ1v) is 18.8. The van der Waals surface area contributed by atoms with E-state index >= 15 is 0 Å². The molecule has 3 atom stereocenters. The van der Waals surface area contributed by atoms with Crippen molar-refractivity contribution in [2.45, 2.75) is 56.8 Å². The van der Waals surface area contributed by atoms with Crippen molar-refractivity contribution in [3.8, 4) is 11.5 Å². The third-order valence-electron chi connectivity index (χ3n) is 10.5. The monoisotopic (exact) mass is 799 g/mol. The molecule has 8 rings (SSSR count). The second-order valence-electron chi connectivity index (χ2n) is 14.2. The molecule has 1 saturated carbocycles. The van der Waals surface area contributed by atoms with Crippen LogP contribution in [0.2, 0.25) is 10.0 Å². The number of piperidine rings is 3. The Morgan fingerprint density at radius 3 is 2.25 bits per heavy atom. The SMILES string of the molecule is O=C(O)c1ccc(NC(C(=O)O[C@H]2CN3CCC2CC3)c2ccc(F)cc2)cc1[C@@H](Cc1c(Cl)c[n+]([O-])cc1Cl)c1ccc(OC(F)F)c(OCC2CC2)c1. The molecule has 2 bridgehead atoms. The van der Waals surface area contributed by atoms with Crippen molar-refractivity contribution in [2.75, 3.05) is 31.6 Å². The number of aromatic carboxylic acids is 1. The first-order chi connectivity index (χ1) is 26.4. The number of pyridine rings is 1. The number of hydrogen-bond acceptors (Lipinski definition) is 8. The standard InChI is InChI=1S/C40H38Cl2F3N3O7/c41-32-18-48(52)19-33(42)31(32)17-29(25-5-10-34(55-40(44)45)35(15-25)53-21-22-1-2-22)30-16-27(8-9-28(30)38(49)50)46-37(24-3-6-26(43)7-4-24)39(51)54-36-20-47-13-11-23(36)12-14-47/h3-10,15-16,18-19,22-23,29,36-37,40,46H,1-2,11-14,17,20-21H2,(H,49,50)/t29-,36-,37?/m0/s1. The molecule has 2 N–H and O–H groups in total. The number of benzene rings is 3. The minimum atomic E-state index is -3.13. The third-order valence-corrected chi connectivity index (χ3v) is 11.1. The number of carbonyl (C=O) groups is 2. The van der Waals surface area contributed by atoms with Gasteiger partial charge in [-0.1, -0.05) is 41.4 Å². The summed E-state index contributed by atoms with van der Waals surface area (Å²) in [4.78, 5) is 29.1. The van der Waals surface area contributed by atoms with Crippen molar-refractivity contribution >= 4 is 40.8 Å². The quantitative estimate of drug-likeness (QED) is 0.0699. The number of nitrogens with one attached hydrogen (secondary N) is 1. The predicted octanol–water partition coefficient (Wildman–Crippen LogP) is 8.02. The van der Waals surface area contributed by atoms with Crippen LogP contribution in [0, 0.1) is 22.9 Å². The minimum Gasteiger partial charge on any atom is -0.619 e. The van der Waals surface area contributed by atoms with Gasteiger partial charge < -0.3 is 29.8 Å². The Labute approximate surface area is 325 Å². The average molecular weight is 801 g/mol. The van der Waals surface area contributed by atoms with Gasteiger partial charge in [-0.3, -0.25) is 4.90 Å². The number of alkyl halides is 2. The number of rotatable bonds is 15. The second-order valence-corrected chi connectivity index (χ2v) is 15.1. The number of aromatic nitrogens is 1. The summed E-state index contributed by atoms with van der Waals surface area (Å²) in [5.41, 5.74) is 1.65. The van der Waals surface area contributed by atoms with E-state index in [4.69, 9.17) is 37.4 Å². The van der Waals surface area contributed by atoms with Gasteiger partial charge in [0.2, 0.25) is 0 Å². The normalized spacial score (nSPS) is 20.1. The van der Waals surface area contributed by atoms with E-state index in [0.717, 1.165) is 51.2 Å². The molecule has 290 valence electrons. The zero-order chi connectivity index (χ0) is 38.8. The molecule has 0 amide bonds. The minimum absolute atomic E-state index is 0.0216. The summed E-state index contributed by atoms with van der Waals surface area (Å²) in [5.74, 6) is -2.87. The summed E-state index contributed by atoms with van der Waals surface area (Å²) < 4.78 is 58.2. The molecule has 3 aromatic carbocycles. The van der Waals surface area contributed by atoms with Crippen molar-refractivity contribution < 1.29 is 46.8 Å². The molecule has 4 aromatic rings. The summed E-state index contributed by atoms with van der Waals surface area (Å²) in [6.45, 7) is -0.335. The van der Waals surface area contributed by atoms with Crippen LogP contribution in [0.1, 0.15) is 70.3 Å². The van der Waals surface area contributed by atoms with Crippen molar-refractivity contribution in [1.82, 2.24) is 4.90 Å². The van der Waals surface area contributed by atoms with Crippen LogP contribution < -0.4 is 19.5 Å². The van der Waals surface area contributed by atoms with Gasteiger partial charge in [0.15, 0.2) is 29.9 Å². The Kier molecular flexibility index (Phi) is 11.6. The lowest BCUT2D eigenvalue weighted by molar-refractivity contribution is -0.605. The Morgan fingerprint density at radius 2 is 1.64 bits per heavy atom. The van der Waals surface area contributed by atoms with Crippen molar-refractivity contribution in [3.05, 3.63) is 122 Å². The Morgan fingerprint density at radius 1 is 0.945 bits per heavy atom. The van der Waals surface area contributed by atoms with Crippen LogP contribution in [0.4, 0.5) is 18.9 Å². The Hall–Kier alpha value is -4.72. The molecular formula is C40H38Cl2F3N3O7. The number of esters is 1. The number of fused-ring (bicyclic) bond motifs is 3. The van der Waals surface area contributed by atoms with Gasteiger partial charge in [-0.05, 0) is 116 Å². The van der Waals surface area contributed by atoms with E-state index in [-0.39, 0.29) is 63.6 Å². The van der Waals surface area contributed by atoms with E-state index in [1.54, 1.807) is 6.07 Å². The van der Waals surface area contributed by atoms with Crippen molar-refractivity contribution in [1.29, 1.82) is 0 Å². The maximum absolute atomic E-state index is 14.1. The van der Waals surface area contributed by atoms with Crippen LogP contribution in [0.25, 0.3) is 0 Å². The van der Waals surface area contributed by atoms with E-state index in [0.29, 0.717) is 33.7 Å². The van der Waals surface area contributed by atoms with Gasteiger partial charge >= 0.3 is 18.6 Å². The molecule has 1 aliphatic carbocycles. The molecule has 4 fully saturated rings. The van der Waals surface area contributed by atoms with Crippen molar-refractivity contribution in [3.63, 3.8) is 0 Å². The highest BCUT2D eigenvalue weighted by molar-refractivity contribution is 6.35. The molecule has 0 spiro atoms. The molecule has 3 saturated heterocycles. The van der Waals surface area contributed by atoms with Gasteiger partial charge in [-0.15, -0.1) is 0 Å². The fourth-order valence-electron chi connectivity index (χ4n) is 7.37. The molecule has 3 aliphatic heterocycles. The van der Waals surface area contributed by atoms with Gasteiger partial charge in [0.25, 0.3) is 0 Å². The zero-order valence-electron chi connectivity index (χ0n) is 29.4. The molecule has 1 unspecified atom stereocenters. The largest absolute Gasteiger partial charge is 0.619 e. The van der Waals surface area contributed by atoms with Crippen LogP contribution in [0.3, 0.4) is 0 Å². The number of nitrogens with zero attached hydrogens (tertiary/aromatic N) is 2. The number of carbonyl (C=O) groups excluding carboxylic acids is 1. The van der Waals surface area contributed by atoms with Crippen LogP contribution >= 0.6 is 23.2 Å². The van der Waals surface area contributed by atoms with Crippen LogP contribution in [0.5, 0.6) is 11.5 Å². The van der Waals surface area contributed by atoms with Crippen LogP contribution in [-0.4, -0.2) is 60.9 Å². The predicted molar refractivity (Wildman–Crippen MR) is 197 cm³/mol. The Bertz CT molecular complexity index is 2020. The van der Waals surface area contributed by atoms with E-state index < -0.39 is 36.3 Å². The number of hydrogen-bond donors (Lipinski definition) is 2. The molecular weight excluding hydrogens is 762 g/mol. The fraction of sp³-hybridized carbons (Fsp3) is 0.375. The van der Waals surface area contributed by atoms with Gasteiger partial charge in [-0.2, -0.15) is 13.5 Å². The topological polar surface area (TPSA) is 124 Å². The van der Waals surface area contributed by atoms with Gasteiger partial charge in [0, 0.05) is 23.7 Å². The summed E-state index contributed by atoms with van der Waals surface area (Å²) in [5, 5.41) is 25.9. The highest BCUT2D eigenvalue weighted by atomic mass is 35.5. The highest BCUT2D eigenvalue weighted by Crippen LogP contribution is 2.41. The first-order valence-electron chi connectivity index (χ1n) is 18.0. The van der Waals surface area contributed by atoms with Crippen LogP contribution in [-0.2, 0) is 16.0 Å². The number of halogens is 5. The van der Waals surface area contributed by atoms with E-state index in [1.165, 1.54) is 54.6 Å². The van der Waals surface area contributed by atoms with E-state index in [2.05, 4.69) is 10.2 Å². The molecule has 4 aliphatic rings.